The van der Waals surface area contributed by atoms with Crippen LogP contribution in [0.15, 0.2) is 24.3 Å². The summed E-state index contributed by atoms with van der Waals surface area (Å²) in [5.74, 6) is 0.133. The fourth-order valence-corrected chi connectivity index (χ4v) is 1.64. The Kier molecular flexibility index (Phi) is 3.18. The number of ether oxygens (including phenoxy) is 1. The Morgan fingerprint density at radius 1 is 1.56 bits per heavy atom. The molecule has 0 aliphatic carbocycles. The number of benzene rings is 1. The van der Waals surface area contributed by atoms with E-state index in [1.54, 1.807) is 7.11 Å². The quantitative estimate of drug-likeness (QED) is 0.744. The lowest BCUT2D eigenvalue weighted by molar-refractivity contribution is 0.0993. The average Bonchev–Trinajstić information content (AvgIpc) is 2.70. The second-order valence-corrected chi connectivity index (χ2v) is 3.77. The van der Waals surface area contributed by atoms with Crippen molar-refractivity contribution in [2.45, 2.75) is 6.42 Å². The number of H-pyrrole nitrogens is 1. The van der Waals surface area contributed by atoms with E-state index in [2.05, 4.69) is 9.97 Å². The van der Waals surface area contributed by atoms with E-state index in [1.807, 2.05) is 24.3 Å². The smallest absolute Gasteiger partial charge is 0.272 e. The molecule has 0 aliphatic rings. The molecular weight excluding hydrogens is 234 g/mol. The Bertz CT molecular complexity index is 578. The highest BCUT2D eigenvalue weighted by Crippen LogP contribution is 2.18. The van der Waals surface area contributed by atoms with Gasteiger partial charge in [-0.2, -0.15) is 0 Å². The van der Waals surface area contributed by atoms with Gasteiger partial charge in [-0.1, -0.05) is 12.1 Å². The van der Waals surface area contributed by atoms with Crippen LogP contribution in [-0.4, -0.2) is 28.1 Å². The van der Waals surface area contributed by atoms with Crippen LogP contribution in [0.2, 0.25) is 0 Å². The van der Waals surface area contributed by atoms with Gasteiger partial charge in [0.15, 0.2) is 5.69 Å². The van der Waals surface area contributed by atoms with Gasteiger partial charge >= 0.3 is 0 Å². The number of carbonyl (C=O) groups excluding carboxylic acids is 1. The zero-order chi connectivity index (χ0) is 13.1. The molecule has 0 saturated heterocycles. The molecule has 18 heavy (non-hydrogen) atoms. The molecule has 6 nitrogen and oxygen atoms in total. The number of imidazole rings is 1. The van der Waals surface area contributed by atoms with Crippen LogP contribution in [0.3, 0.4) is 0 Å². The van der Waals surface area contributed by atoms with Crippen molar-refractivity contribution < 1.29 is 14.6 Å². The number of carbonyl (C=O) groups is 1. The van der Waals surface area contributed by atoms with Gasteiger partial charge < -0.3 is 20.6 Å². The van der Waals surface area contributed by atoms with E-state index in [4.69, 9.17) is 10.5 Å². The van der Waals surface area contributed by atoms with Crippen molar-refractivity contribution in [1.29, 1.82) is 0 Å². The van der Waals surface area contributed by atoms with Crippen molar-refractivity contribution in [3.63, 3.8) is 0 Å². The largest absolute Gasteiger partial charge is 0.497 e. The number of aromatic hydroxyl groups is 1. The number of amides is 1. The zero-order valence-corrected chi connectivity index (χ0v) is 9.80. The molecule has 2 rings (SSSR count). The lowest BCUT2D eigenvalue weighted by atomic mass is 10.1. The molecule has 2 aromatic rings. The molecule has 1 amide bonds. The van der Waals surface area contributed by atoms with Crippen LogP contribution >= 0.6 is 0 Å². The maximum absolute atomic E-state index is 10.9. The second kappa shape index (κ2) is 4.79. The van der Waals surface area contributed by atoms with Crippen LogP contribution < -0.4 is 10.5 Å². The third-order valence-electron chi connectivity index (χ3n) is 2.47. The monoisotopic (exact) mass is 247 g/mol. The van der Waals surface area contributed by atoms with E-state index in [0.717, 1.165) is 11.3 Å². The zero-order valence-electron chi connectivity index (χ0n) is 9.80. The summed E-state index contributed by atoms with van der Waals surface area (Å²) in [7, 11) is 1.59. The van der Waals surface area contributed by atoms with Gasteiger partial charge in [0.05, 0.1) is 7.11 Å². The topological polar surface area (TPSA) is 101 Å². The number of aromatic nitrogens is 2. The molecule has 0 bridgehead atoms. The molecule has 0 unspecified atom stereocenters. The lowest BCUT2D eigenvalue weighted by Gasteiger charge is -2.02. The Labute approximate surface area is 103 Å². The molecule has 0 spiro atoms. The van der Waals surface area contributed by atoms with Gasteiger partial charge in [-0.05, 0) is 17.7 Å². The van der Waals surface area contributed by atoms with E-state index in [9.17, 15) is 9.90 Å². The Hall–Kier alpha value is -2.50. The summed E-state index contributed by atoms with van der Waals surface area (Å²) in [6.45, 7) is 0. The maximum atomic E-state index is 10.9. The molecule has 0 fully saturated rings. The predicted molar refractivity (Wildman–Crippen MR) is 64.6 cm³/mol. The first-order chi connectivity index (χ1) is 8.60. The highest BCUT2D eigenvalue weighted by molar-refractivity contribution is 5.93. The Balaban J connectivity index is 2.23. The SMILES string of the molecule is COc1cccc(Cc2nc(C(N)=O)c(O)[nH]2)c1. The van der Waals surface area contributed by atoms with Gasteiger partial charge in [0, 0.05) is 6.42 Å². The number of methoxy groups -OCH3 is 1. The van der Waals surface area contributed by atoms with Gasteiger partial charge in [0.25, 0.3) is 5.91 Å². The van der Waals surface area contributed by atoms with Gasteiger partial charge in [0.1, 0.15) is 11.6 Å². The number of nitrogens with one attached hydrogen (secondary N) is 1. The van der Waals surface area contributed by atoms with Crippen LogP contribution in [0.5, 0.6) is 11.6 Å². The molecule has 6 heteroatoms. The molecule has 1 aromatic heterocycles. The fourth-order valence-electron chi connectivity index (χ4n) is 1.64. The molecule has 1 heterocycles. The van der Waals surface area contributed by atoms with E-state index in [-0.39, 0.29) is 11.6 Å². The first kappa shape index (κ1) is 12.0. The highest BCUT2D eigenvalue weighted by Gasteiger charge is 2.14. The van der Waals surface area contributed by atoms with Crippen molar-refractivity contribution in [2.24, 2.45) is 5.73 Å². The van der Waals surface area contributed by atoms with E-state index < -0.39 is 5.91 Å². The molecule has 0 atom stereocenters. The van der Waals surface area contributed by atoms with Crippen LogP contribution in [0, 0.1) is 0 Å². The summed E-state index contributed by atoms with van der Waals surface area (Å²) in [6.07, 6.45) is 0.442. The first-order valence-electron chi connectivity index (χ1n) is 5.30. The number of rotatable bonds is 4. The van der Waals surface area contributed by atoms with Crippen LogP contribution in [-0.2, 0) is 6.42 Å². The minimum Gasteiger partial charge on any atom is -0.497 e. The van der Waals surface area contributed by atoms with Crippen molar-refractivity contribution in [3.05, 3.63) is 41.3 Å². The highest BCUT2D eigenvalue weighted by atomic mass is 16.5. The normalized spacial score (nSPS) is 10.3. The van der Waals surface area contributed by atoms with Gasteiger partial charge in [0.2, 0.25) is 5.88 Å². The molecule has 0 radical (unpaired) electrons. The van der Waals surface area contributed by atoms with E-state index in [0.29, 0.717) is 12.2 Å². The first-order valence-corrected chi connectivity index (χ1v) is 5.30. The van der Waals surface area contributed by atoms with Crippen molar-refractivity contribution >= 4 is 5.91 Å². The number of hydrogen-bond acceptors (Lipinski definition) is 4. The molecule has 1 aromatic carbocycles. The van der Waals surface area contributed by atoms with E-state index >= 15 is 0 Å². The number of hydrogen-bond donors (Lipinski definition) is 3. The Morgan fingerprint density at radius 2 is 2.33 bits per heavy atom. The second-order valence-electron chi connectivity index (χ2n) is 3.77. The van der Waals surface area contributed by atoms with Crippen molar-refractivity contribution in [1.82, 2.24) is 9.97 Å². The van der Waals surface area contributed by atoms with Crippen LogP contribution in [0.1, 0.15) is 21.9 Å². The molecular formula is C12H13N3O3. The fraction of sp³-hybridized carbons (Fsp3) is 0.167. The summed E-state index contributed by atoms with van der Waals surface area (Å²) >= 11 is 0. The van der Waals surface area contributed by atoms with Gasteiger partial charge in [-0.15, -0.1) is 0 Å². The standard InChI is InChI=1S/C12H13N3O3/c1-18-8-4-2-3-7(5-8)6-9-14-10(11(13)16)12(17)15-9/h2-5,17H,6H2,1H3,(H2,13,16)(H,14,15). The molecule has 0 saturated carbocycles. The lowest BCUT2D eigenvalue weighted by Crippen LogP contribution is -2.11. The van der Waals surface area contributed by atoms with E-state index in [1.165, 1.54) is 0 Å². The number of primary amides is 1. The van der Waals surface area contributed by atoms with Crippen molar-refractivity contribution in [3.8, 4) is 11.6 Å². The summed E-state index contributed by atoms with van der Waals surface area (Å²) in [6, 6.07) is 7.43. The third kappa shape index (κ3) is 2.42. The summed E-state index contributed by atoms with van der Waals surface area (Å²) in [5.41, 5.74) is 5.86. The van der Waals surface area contributed by atoms with Crippen LogP contribution in [0.4, 0.5) is 0 Å². The minimum absolute atomic E-state index is 0.145. The maximum Gasteiger partial charge on any atom is 0.272 e. The predicted octanol–water partition coefficient (Wildman–Crippen LogP) is 0.814. The van der Waals surface area contributed by atoms with Gasteiger partial charge in [-0.25, -0.2) is 4.98 Å². The minimum atomic E-state index is -0.763. The number of aromatic amines is 1. The Morgan fingerprint density at radius 3 is 2.94 bits per heavy atom. The third-order valence-corrected chi connectivity index (χ3v) is 2.47. The van der Waals surface area contributed by atoms with Gasteiger partial charge in [-0.3, -0.25) is 4.79 Å². The van der Waals surface area contributed by atoms with Crippen molar-refractivity contribution in [2.75, 3.05) is 7.11 Å². The van der Waals surface area contributed by atoms with Crippen LogP contribution in [0.25, 0.3) is 0 Å². The summed E-state index contributed by atoms with van der Waals surface area (Å²) in [4.78, 5) is 17.5. The average molecular weight is 247 g/mol. The number of nitrogens with two attached hydrogens (primary N) is 1. The number of nitrogens with zero attached hydrogens (tertiary/aromatic N) is 1. The molecule has 4 N–H and O–H groups in total. The summed E-state index contributed by atoms with van der Waals surface area (Å²) < 4.78 is 5.11. The molecule has 0 aliphatic heterocycles. The molecule has 94 valence electrons. The summed E-state index contributed by atoms with van der Waals surface area (Å²) in [5, 5.41) is 9.44.